The van der Waals surface area contributed by atoms with E-state index in [1.54, 1.807) is 0 Å². The summed E-state index contributed by atoms with van der Waals surface area (Å²) in [5.41, 5.74) is 1.22. The Morgan fingerprint density at radius 3 is 2.50 bits per heavy atom. The van der Waals surface area contributed by atoms with Gasteiger partial charge in [-0.3, -0.25) is 0 Å². The number of aliphatic hydroxyl groups is 1. The van der Waals surface area contributed by atoms with E-state index < -0.39 is 6.10 Å². The molecule has 20 heavy (non-hydrogen) atoms. The number of aliphatic hydroxyl groups excluding tert-OH is 1. The summed E-state index contributed by atoms with van der Waals surface area (Å²) in [6, 6.07) is 8.08. The van der Waals surface area contributed by atoms with Gasteiger partial charge in [-0.1, -0.05) is 32.0 Å². The van der Waals surface area contributed by atoms with Crippen molar-refractivity contribution in [1.82, 2.24) is 5.32 Å². The average Bonchev–Trinajstić information content (AvgIpc) is 2.41. The molecule has 3 heteroatoms. The second-order valence-corrected chi connectivity index (χ2v) is 6.44. The molecule has 0 amide bonds. The summed E-state index contributed by atoms with van der Waals surface area (Å²) < 4.78 is 5.80. The van der Waals surface area contributed by atoms with Crippen LogP contribution in [-0.2, 0) is 0 Å². The maximum Gasteiger partial charge on any atom is 0.122 e. The predicted octanol–water partition coefficient (Wildman–Crippen LogP) is 3.33. The van der Waals surface area contributed by atoms with Crippen molar-refractivity contribution in [2.75, 3.05) is 13.2 Å². The second-order valence-electron chi connectivity index (χ2n) is 6.44. The second kappa shape index (κ2) is 7.65. The summed E-state index contributed by atoms with van der Waals surface area (Å²) in [5, 5.41) is 13.2. The number of benzene rings is 1. The third-order valence-corrected chi connectivity index (χ3v) is 3.36. The molecule has 0 unspecified atom stereocenters. The monoisotopic (exact) mass is 279 g/mol. The lowest BCUT2D eigenvalue weighted by Crippen LogP contribution is -2.42. The lowest BCUT2D eigenvalue weighted by Gasteiger charge is -2.23. The van der Waals surface area contributed by atoms with Gasteiger partial charge in [0, 0.05) is 12.1 Å². The van der Waals surface area contributed by atoms with Crippen LogP contribution in [-0.4, -0.2) is 29.9 Å². The number of ether oxygens (including phenoxy) is 1. The highest BCUT2D eigenvalue weighted by molar-refractivity contribution is 5.35. The standard InChI is InChI=1S/C17H29NO2/c1-6-13(2)15-9-7-8-10-16(15)20-12-14(19)11-18-17(3,4)5/h7-10,13-14,18-19H,6,11-12H2,1-5H3/t13-,14+/m1/s1. The van der Waals surface area contributed by atoms with Gasteiger partial charge < -0.3 is 15.2 Å². The Hall–Kier alpha value is -1.06. The van der Waals surface area contributed by atoms with Crippen molar-refractivity contribution in [3.63, 3.8) is 0 Å². The highest BCUT2D eigenvalue weighted by atomic mass is 16.5. The van der Waals surface area contributed by atoms with Crippen LogP contribution in [0.2, 0.25) is 0 Å². The first kappa shape index (κ1) is 17.0. The summed E-state index contributed by atoms with van der Waals surface area (Å²) in [6.45, 7) is 11.5. The van der Waals surface area contributed by atoms with Crippen molar-refractivity contribution in [3.05, 3.63) is 29.8 Å². The topological polar surface area (TPSA) is 41.5 Å². The lowest BCUT2D eigenvalue weighted by atomic mass is 9.98. The zero-order valence-corrected chi connectivity index (χ0v) is 13.4. The minimum atomic E-state index is -0.501. The van der Waals surface area contributed by atoms with E-state index in [1.165, 1.54) is 5.56 Å². The number of β-amino-alcohol motifs (C(OH)–C–C–N with tert-alkyl or cyclic N) is 1. The third-order valence-electron chi connectivity index (χ3n) is 3.36. The first-order chi connectivity index (χ1) is 9.33. The van der Waals surface area contributed by atoms with Crippen LogP contribution in [0.5, 0.6) is 5.75 Å². The molecule has 114 valence electrons. The molecule has 0 saturated carbocycles. The van der Waals surface area contributed by atoms with E-state index in [0.29, 0.717) is 19.1 Å². The van der Waals surface area contributed by atoms with Gasteiger partial charge in [0.25, 0.3) is 0 Å². The highest BCUT2D eigenvalue weighted by Gasteiger charge is 2.14. The minimum Gasteiger partial charge on any atom is -0.491 e. The zero-order valence-electron chi connectivity index (χ0n) is 13.4. The van der Waals surface area contributed by atoms with Crippen molar-refractivity contribution >= 4 is 0 Å². The Labute approximate surface area is 123 Å². The van der Waals surface area contributed by atoms with Gasteiger partial charge in [-0.15, -0.1) is 0 Å². The van der Waals surface area contributed by atoms with E-state index in [9.17, 15) is 5.11 Å². The Kier molecular flexibility index (Phi) is 6.50. The molecule has 0 aliphatic carbocycles. The molecule has 0 aromatic heterocycles. The average molecular weight is 279 g/mol. The molecule has 0 aliphatic rings. The first-order valence-electron chi connectivity index (χ1n) is 7.48. The predicted molar refractivity (Wildman–Crippen MR) is 84.4 cm³/mol. The summed E-state index contributed by atoms with van der Waals surface area (Å²) in [6.07, 6.45) is 0.577. The molecule has 0 bridgehead atoms. The fraction of sp³-hybridized carbons (Fsp3) is 0.647. The normalized spacial score (nSPS) is 14.9. The Morgan fingerprint density at radius 1 is 1.25 bits per heavy atom. The van der Waals surface area contributed by atoms with Crippen LogP contribution in [0.3, 0.4) is 0 Å². The molecule has 2 atom stereocenters. The van der Waals surface area contributed by atoms with Crippen LogP contribution < -0.4 is 10.1 Å². The van der Waals surface area contributed by atoms with Crippen LogP contribution >= 0.6 is 0 Å². The lowest BCUT2D eigenvalue weighted by molar-refractivity contribution is 0.0994. The van der Waals surface area contributed by atoms with E-state index in [1.807, 2.05) is 18.2 Å². The number of hydrogen-bond donors (Lipinski definition) is 2. The molecule has 1 rings (SSSR count). The first-order valence-corrected chi connectivity index (χ1v) is 7.48. The summed E-state index contributed by atoms with van der Waals surface area (Å²) in [7, 11) is 0. The van der Waals surface area contributed by atoms with Gasteiger partial charge in [0.2, 0.25) is 0 Å². The molecule has 0 radical (unpaired) electrons. The zero-order chi connectivity index (χ0) is 15.2. The maximum atomic E-state index is 9.97. The molecule has 3 nitrogen and oxygen atoms in total. The SMILES string of the molecule is CC[C@@H](C)c1ccccc1OC[C@@H](O)CNC(C)(C)C. The molecule has 0 heterocycles. The van der Waals surface area contributed by atoms with Crippen molar-refractivity contribution in [1.29, 1.82) is 0 Å². The molecule has 0 aliphatic heterocycles. The van der Waals surface area contributed by atoms with Crippen molar-refractivity contribution < 1.29 is 9.84 Å². The van der Waals surface area contributed by atoms with Crippen LogP contribution in [0, 0.1) is 0 Å². The van der Waals surface area contributed by atoms with Crippen LogP contribution in [0.1, 0.15) is 52.5 Å². The van der Waals surface area contributed by atoms with Crippen molar-refractivity contribution in [2.24, 2.45) is 0 Å². The van der Waals surface area contributed by atoms with Crippen LogP contribution in [0.4, 0.5) is 0 Å². The molecule has 2 N–H and O–H groups in total. The Balaban J connectivity index is 2.53. The number of hydrogen-bond acceptors (Lipinski definition) is 3. The van der Waals surface area contributed by atoms with Crippen molar-refractivity contribution in [3.8, 4) is 5.75 Å². The fourth-order valence-corrected chi connectivity index (χ4v) is 1.91. The highest BCUT2D eigenvalue weighted by Crippen LogP contribution is 2.28. The number of rotatable bonds is 7. The fourth-order valence-electron chi connectivity index (χ4n) is 1.91. The smallest absolute Gasteiger partial charge is 0.122 e. The quantitative estimate of drug-likeness (QED) is 0.804. The van der Waals surface area contributed by atoms with Gasteiger partial charge in [-0.25, -0.2) is 0 Å². The van der Waals surface area contributed by atoms with Crippen LogP contribution in [0.15, 0.2) is 24.3 Å². The largest absolute Gasteiger partial charge is 0.491 e. The number of para-hydroxylation sites is 1. The van der Waals surface area contributed by atoms with Gasteiger partial charge >= 0.3 is 0 Å². The minimum absolute atomic E-state index is 0.00954. The van der Waals surface area contributed by atoms with E-state index in [0.717, 1.165) is 12.2 Å². The molecular weight excluding hydrogens is 250 g/mol. The molecule has 0 spiro atoms. The van der Waals surface area contributed by atoms with Gasteiger partial charge in [0.05, 0.1) is 0 Å². The van der Waals surface area contributed by atoms with Gasteiger partial charge in [0.15, 0.2) is 0 Å². The number of nitrogens with one attached hydrogen (secondary N) is 1. The van der Waals surface area contributed by atoms with Crippen LogP contribution in [0.25, 0.3) is 0 Å². The Morgan fingerprint density at radius 2 is 1.90 bits per heavy atom. The molecule has 0 saturated heterocycles. The molecule has 0 fully saturated rings. The van der Waals surface area contributed by atoms with Gasteiger partial charge in [0.1, 0.15) is 18.5 Å². The molecular formula is C17H29NO2. The van der Waals surface area contributed by atoms with Gasteiger partial charge in [-0.2, -0.15) is 0 Å². The van der Waals surface area contributed by atoms with E-state index in [2.05, 4.69) is 46.0 Å². The third kappa shape index (κ3) is 5.93. The van der Waals surface area contributed by atoms with E-state index >= 15 is 0 Å². The van der Waals surface area contributed by atoms with E-state index in [4.69, 9.17) is 4.74 Å². The van der Waals surface area contributed by atoms with E-state index in [-0.39, 0.29) is 5.54 Å². The summed E-state index contributed by atoms with van der Waals surface area (Å²) >= 11 is 0. The van der Waals surface area contributed by atoms with Crippen molar-refractivity contribution in [2.45, 2.75) is 58.6 Å². The molecule has 1 aromatic rings. The van der Waals surface area contributed by atoms with Gasteiger partial charge in [-0.05, 0) is 44.7 Å². The summed E-state index contributed by atoms with van der Waals surface area (Å²) in [4.78, 5) is 0. The summed E-state index contributed by atoms with van der Waals surface area (Å²) in [5.74, 6) is 1.35. The maximum absolute atomic E-state index is 9.97. The molecule has 1 aromatic carbocycles. The Bertz CT molecular complexity index is 398.